The molecule has 3 heterocycles. The third-order valence-electron chi connectivity index (χ3n) is 5.32. The smallest absolute Gasteiger partial charge is 0.305 e. The fraction of sp³-hybridized carbons (Fsp3) is 0.526. The van der Waals surface area contributed by atoms with Gasteiger partial charge in [-0.2, -0.15) is 4.98 Å². The summed E-state index contributed by atoms with van der Waals surface area (Å²) in [5.74, 6) is -0.962. The highest BCUT2D eigenvalue weighted by Crippen LogP contribution is 2.28. The summed E-state index contributed by atoms with van der Waals surface area (Å²) in [4.78, 5) is 32.3. The van der Waals surface area contributed by atoms with Crippen LogP contribution in [-0.4, -0.2) is 65.8 Å². The molecule has 2 aliphatic heterocycles. The summed E-state index contributed by atoms with van der Waals surface area (Å²) >= 11 is 0. The zero-order valence-corrected chi connectivity index (χ0v) is 15.0. The lowest BCUT2D eigenvalue weighted by molar-refractivity contribution is -0.149. The lowest BCUT2D eigenvalue weighted by Gasteiger charge is -2.39. The topological polar surface area (TPSA) is 96.1 Å². The Kier molecular flexibility index (Phi) is 4.98. The van der Waals surface area contributed by atoms with Gasteiger partial charge in [-0.15, -0.1) is 0 Å². The second kappa shape index (κ2) is 7.56. The highest BCUT2D eigenvalue weighted by molar-refractivity contribution is 5.80. The third-order valence-corrected chi connectivity index (χ3v) is 5.32. The van der Waals surface area contributed by atoms with E-state index in [4.69, 9.17) is 14.3 Å². The SMILES string of the molecule is O=C(O)CC1COCCN1C(=O)C1CCN(c2nc3ccccc3o2)CC1. The largest absolute Gasteiger partial charge is 0.481 e. The maximum atomic E-state index is 12.9. The number of morpholine rings is 1. The number of nitrogens with zero attached hydrogens (tertiary/aromatic N) is 3. The Bertz CT molecular complexity index is 795. The monoisotopic (exact) mass is 373 g/mol. The van der Waals surface area contributed by atoms with E-state index in [0.717, 1.165) is 11.1 Å². The first kappa shape index (κ1) is 17.8. The molecule has 1 aromatic carbocycles. The summed E-state index contributed by atoms with van der Waals surface area (Å²) in [6.07, 6.45) is 1.33. The first-order valence-corrected chi connectivity index (χ1v) is 9.32. The van der Waals surface area contributed by atoms with Crippen molar-refractivity contribution < 1.29 is 23.8 Å². The fourth-order valence-corrected chi connectivity index (χ4v) is 3.86. The van der Waals surface area contributed by atoms with Crippen LogP contribution >= 0.6 is 0 Å². The van der Waals surface area contributed by atoms with Crippen LogP contribution in [0, 0.1) is 5.92 Å². The maximum Gasteiger partial charge on any atom is 0.305 e. The number of aliphatic carboxylic acids is 1. The number of amides is 1. The molecule has 0 saturated carbocycles. The summed E-state index contributed by atoms with van der Waals surface area (Å²) in [6, 6.07) is 7.87. The van der Waals surface area contributed by atoms with Gasteiger partial charge in [0.1, 0.15) is 5.52 Å². The summed E-state index contributed by atoms with van der Waals surface area (Å²) in [5, 5.41) is 9.08. The van der Waals surface area contributed by atoms with Crippen molar-refractivity contribution in [3.63, 3.8) is 0 Å². The number of hydrogen-bond donors (Lipinski definition) is 1. The van der Waals surface area contributed by atoms with Crippen LogP contribution in [0.5, 0.6) is 0 Å². The van der Waals surface area contributed by atoms with Crippen LogP contribution in [0.2, 0.25) is 0 Å². The van der Waals surface area contributed by atoms with Gasteiger partial charge in [0.15, 0.2) is 5.58 Å². The number of rotatable bonds is 4. The Hall–Kier alpha value is -2.61. The average molecular weight is 373 g/mol. The molecule has 0 radical (unpaired) electrons. The highest BCUT2D eigenvalue weighted by Gasteiger charge is 2.35. The van der Waals surface area contributed by atoms with E-state index < -0.39 is 5.97 Å². The van der Waals surface area contributed by atoms with Gasteiger partial charge in [-0.05, 0) is 25.0 Å². The molecular weight excluding hydrogens is 350 g/mol. The van der Waals surface area contributed by atoms with E-state index in [9.17, 15) is 9.59 Å². The van der Waals surface area contributed by atoms with Gasteiger partial charge in [0.2, 0.25) is 5.91 Å². The van der Waals surface area contributed by atoms with Gasteiger partial charge in [0.05, 0.1) is 25.7 Å². The summed E-state index contributed by atoms with van der Waals surface area (Å²) in [5.41, 5.74) is 1.59. The van der Waals surface area contributed by atoms with E-state index in [1.165, 1.54) is 0 Å². The van der Waals surface area contributed by atoms with Gasteiger partial charge in [-0.3, -0.25) is 9.59 Å². The predicted octanol–water partition coefficient (Wildman–Crippen LogP) is 1.75. The molecule has 8 nitrogen and oxygen atoms in total. The molecule has 2 aromatic rings. The number of oxazole rings is 1. The lowest BCUT2D eigenvalue weighted by Crippen LogP contribution is -2.52. The molecule has 1 unspecified atom stereocenters. The second-order valence-electron chi connectivity index (χ2n) is 7.08. The number of carboxylic acid groups (broad SMARTS) is 1. The quantitative estimate of drug-likeness (QED) is 0.872. The van der Waals surface area contributed by atoms with Crippen LogP contribution in [0.1, 0.15) is 19.3 Å². The summed E-state index contributed by atoms with van der Waals surface area (Å²) < 4.78 is 11.2. The maximum absolute atomic E-state index is 12.9. The molecule has 1 N–H and O–H groups in total. The first-order valence-electron chi connectivity index (χ1n) is 9.32. The number of aromatic nitrogens is 1. The number of piperidine rings is 1. The first-order chi connectivity index (χ1) is 13.1. The fourth-order valence-electron chi connectivity index (χ4n) is 3.86. The number of benzene rings is 1. The van der Waals surface area contributed by atoms with Gasteiger partial charge >= 0.3 is 5.97 Å². The minimum atomic E-state index is -0.908. The molecule has 1 amide bonds. The summed E-state index contributed by atoms with van der Waals surface area (Å²) in [6.45, 7) is 2.60. The van der Waals surface area contributed by atoms with E-state index >= 15 is 0 Å². The van der Waals surface area contributed by atoms with Crippen molar-refractivity contribution in [3.8, 4) is 0 Å². The molecule has 2 fully saturated rings. The van der Waals surface area contributed by atoms with E-state index in [1.54, 1.807) is 4.90 Å². The van der Waals surface area contributed by atoms with E-state index in [1.807, 2.05) is 24.3 Å². The molecule has 0 bridgehead atoms. The minimum Gasteiger partial charge on any atom is -0.481 e. The van der Waals surface area contributed by atoms with Crippen molar-refractivity contribution in [2.24, 2.45) is 5.92 Å². The molecule has 144 valence electrons. The number of para-hydroxylation sites is 2. The van der Waals surface area contributed by atoms with Crippen LogP contribution in [0.4, 0.5) is 6.01 Å². The molecule has 27 heavy (non-hydrogen) atoms. The second-order valence-corrected chi connectivity index (χ2v) is 7.08. The van der Waals surface area contributed by atoms with Gasteiger partial charge in [-0.1, -0.05) is 12.1 Å². The standard InChI is InChI=1S/C19H23N3O5/c23-17(24)11-14-12-26-10-9-22(14)18(25)13-5-7-21(8-6-13)19-20-15-3-1-2-4-16(15)27-19/h1-4,13-14H,5-12H2,(H,23,24). The van der Waals surface area contributed by atoms with Crippen molar-refractivity contribution in [2.75, 3.05) is 37.7 Å². The van der Waals surface area contributed by atoms with Crippen LogP contribution in [0.3, 0.4) is 0 Å². The Morgan fingerprint density at radius 2 is 1.96 bits per heavy atom. The van der Waals surface area contributed by atoms with Crippen LogP contribution in [0.25, 0.3) is 11.1 Å². The molecule has 1 atom stereocenters. The number of ether oxygens (including phenoxy) is 1. The van der Waals surface area contributed by atoms with Gasteiger partial charge < -0.3 is 24.1 Å². The Labute approximate surface area is 156 Å². The zero-order chi connectivity index (χ0) is 18.8. The van der Waals surface area contributed by atoms with Crippen molar-refractivity contribution in [3.05, 3.63) is 24.3 Å². The van der Waals surface area contributed by atoms with Gasteiger partial charge in [0, 0.05) is 25.6 Å². The van der Waals surface area contributed by atoms with Crippen LogP contribution in [-0.2, 0) is 14.3 Å². The highest BCUT2D eigenvalue weighted by atomic mass is 16.5. The number of carbonyl (C=O) groups is 2. The number of carboxylic acids is 1. The number of anilines is 1. The van der Waals surface area contributed by atoms with Gasteiger partial charge in [0.25, 0.3) is 6.01 Å². The average Bonchev–Trinajstić information content (AvgIpc) is 3.12. The molecule has 0 aliphatic carbocycles. The Morgan fingerprint density at radius 1 is 1.19 bits per heavy atom. The molecule has 2 saturated heterocycles. The minimum absolute atomic E-state index is 0.0433. The normalized spacial score (nSPS) is 21.6. The summed E-state index contributed by atoms with van der Waals surface area (Å²) in [7, 11) is 0. The molecule has 8 heteroatoms. The molecular formula is C19H23N3O5. The zero-order valence-electron chi connectivity index (χ0n) is 15.0. The van der Waals surface area contributed by atoms with Crippen LogP contribution < -0.4 is 4.90 Å². The molecule has 0 spiro atoms. The van der Waals surface area contributed by atoms with Crippen molar-refractivity contribution in [1.82, 2.24) is 9.88 Å². The predicted molar refractivity (Wildman–Crippen MR) is 97.5 cm³/mol. The van der Waals surface area contributed by atoms with Crippen molar-refractivity contribution in [2.45, 2.75) is 25.3 Å². The third kappa shape index (κ3) is 3.75. The number of hydrogen-bond acceptors (Lipinski definition) is 6. The molecule has 1 aromatic heterocycles. The van der Waals surface area contributed by atoms with Gasteiger partial charge in [-0.25, -0.2) is 0 Å². The molecule has 2 aliphatic rings. The number of carbonyl (C=O) groups excluding carboxylic acids is 1. The Morgan fingerprint density at radius 3 is 2.70 bits per heavy atom. The van der Waals surface area contributed by atoms with Crippen molar-refractivity contribution >= 4 is 29.0 Å². The van der Waals surface area contributed by atoms with E-state index in [0.29, 0.717) is 51.7 Å². The van der Waals surface area contributed by atoms with Crippen molar-refractivity contribution in [1.29, 1.82) is 0 Å². The number of fused-ring (bicyclic) bond motifs is 1. The van der Waals surface area contributed by atoms with Crippen LogP contribution in [0.15, 0.2) is 28.7 Å². The Balaban J connectivity index is 1.39. The lowest BCUT2D eigenvalue weighted by atomic mass is 9.94. The van der Waals surface area contributed by atoms with E-state index in [2.05, 4.69) is 9.88 Å². The molecule has 4 rings (SSSR count). The van der Waals surface area contributed by atoms with E-state index in [-0.39, 0.29) is 24.3 Å².